The van der Waals surface area contributed by atoms with E-state index in [4.69, 9.17) is 4.74 Å². The molecule has 100 valence electrons. The molecule has 0 saturated heterocycles. The van der Waals surface area contributed by atoms with Crippen molar-refractivity contribution in [1.29, 1.82) is 0 Å². The molecular weight excluding hydrogens is 231 g/mol. The first-order valence-corrected chi connectivity index (χ1v) is 6.16. The highest BCUT2D eigenvalue weighted by Crippen LogP contribution is 2.41. The van der Waals surface area contributed by atoms with Gasteiger partial charge in [0, 0.05) is 29.6 Å². The summed E-state index contributed by atoms with van der Waals surface area (Å²) in [6, 6.07) is 3.19. The number of methoxy groups -OCH3 is 1. The summed E-state index contributed by atoms with van der Waals surface area (Å²) in [5.41, 5.74) is 1.60. The van der Waals surface area contributed by atoms with Crippen LogP contribution in [-0.2, 0) is 0 Å². The van der Waals surface area contributed by atoms with Gasteiger partial charge in [0.15, 0.2) is 11.6 Å². The van der Waals surface area contributed by atoms with Gasteiger partial charge < -0.3 is 15.4 Å². The Bertz CT molecular complexity index is 469. The molecule has 0 saturated carbocycles. The van der Waals surface area contributed by atoms with Gasteiger partial charge >= 0.3 is 0 Å². The molecule has 0 aromatic heterocycles. The normalized spacial score (nSPS) is 20.1. The van der Waals surface area contributed by atoms with Crippen LogP contribution in [0.1, 0.15) is 27.7 Å². The molecule has 0 amide bonds. The first kappa shape index (κ1) is 13.0. The van der Waals surface area contributed by atoms with Gasteiger partial charge in [-0.1, -0.05) is 13.8 Å². The zero-order valence-corrected chi connectivity index (χ0v) is 11.6. The number of rotatable bonds is 1. The van der Waals surface area contributed by atoms with Crippen LogP contribution in [0.2, 0.25) is 0 Å². The van der Waals surface area contributed by atoms with Crippen molar-refractivity contribution in [3.05, 3.63) is 17.9 Å². The third kappa shape index (κ3) is 2.00. The minimum Gasteiger partial charge on any atom is -0.494 e. The van der Waals surface area contributed by atoms with Crippen LogP contribution in [0.25, 0.3) is 0 Å². The highest BCUT2D eigenvalue weighted by atomic mass is 19.1. The number of hydrogen-bond donors (Lipinski definition) is 2. The monoisotopic (exact) mass is 252 g/mol. The molecule has 1 aromatic rings. The number of nitrogens with one attached hydrogen (secondary N) is 2. The van der Waals surface area contributed by atoms with Crippen molar-refractivity contribution in [2.75, 3.05) is 24.3 Å². The Labute approximate surface area is 108 Å². The number of ether oxygens (including phenoxy) is 1. The van der Waals surface area contributed by atoms with Crippen molar-refractivity contribution < 1.29 is 9.13 Å². The smallest absolute Gasteiger partial charge is 0.167 e. The van der Waals surface area contributed by atoms with Gasteiger partial charge in [-0.15, -0.1) is 0 Å². The molecule has 1 aliphatic rings. The van der Waals surface area contributed by atoms with E-state index in [9.17, 15) is 4.39 Å². The number of halogens is 1. The topological polar surface area (TPSA) is 33.3 Å². The number of benzene rings is 1. The number of hydrogen-bond acceptors (Lipinski definition) is 3. The predicted molar refractivity (Wildman–Crippen MR) is 72.9 cm³/mol. The van der Waals surface area contributed by atoms with E-state index >= 15 is 0 Å². The van der Waals surface area contributed by atoms with Gasteiger partial charge in [-0.2, -0.15) is 0 Å². The van der Waals surface area contributed by atoms with Crippen molar-refractivity contribution in [3.63, 3.8) is 0 Å². The Hall–Kier alpha value is -1.45. The van der Waals surface area contributed by atoms with Crippen molar-refractivity contribution in [3.8, 4) is 5.75 Å². The van der Waals surface area contributed by atoms with Gasteiger partial charge in [-0.05, 0) is 13.8 Å². The lowest BCUT2D eigenvalue weighted by Gasteiger charge is -2.41. The van der Waals surface area contributed by atoms with Gasteiger partial charge in [0.2, 0.25) is 0 Å². The molecular formula is C14H21FN2O. The molecule has 0 bridgehead atoms. The van der Waals surface area contributed by atoms with Crippen molar-refractivity contribution in [2.45, 2.75) is 33.2 Å². The van der Waals surface area contributed by atoms with Crippen LogP contribution in [0.5, 0.6) is 5.75 Å². The lowest BCUT2D eigenvalue weighted by atomic mass is 9.74. The fourth-order valence-electron chi connectivity index (χ4n) is 2.00. The second-order valence-electron chi connectivity index (χ2n) is 6.02. The van der Waals surface area contributed by atoms with Gasteiger partial charge in [0.1, 0.15) is 0 Å². The van der Waals surface area contributed by atoms with E-state index in [1.807, 2.05) is 0 Å². The highest BCUT2D eigenvalue weighted by molar-refractivity contribution is 5.73. The third-order valence-corrected chi connectivity index (χ3v) is 4.15. The van der Waals surface area contributed by atoms with Crippen LogP contribution in [-0.4, -0.2) is 19.2 Å². The second-order valence-corrected chi connectivity index (χ2v) is 6.02. The fraction of sp³-hybridized carbons (Fsp3) is 0.571. The van der Waals surface area contributed by atoms with Crippen LogP contribution in [0.4, 0.5) is 15.8 Å². The average Bonchev–Trinajstić information content (AvgIpc) is 2.35. The molecule has 0 unspecified atom stereocenters. The maximum absolute atomic E-state index is 13.7. The van der Waals surface area contributed by atoms with E-state index in [1.54, 1.807) is 6.07 Å². The Morgan fingerprint density at radius 1 is 1.17 bits per heavy atom. The lowest BCUT2D eigenvalue weighted by molar-refractivity contribution is 0.245. The zero-order valence-electron chi connectivity index (χ0n) is 11.6. The van der Waals surface area contributed by atoms with Crippen molar-refractivity contribution in [2.24, 2.45) is 5.41 Å². The maximum atomic E-state index is 13.7. The third-order valence-electron chi connectivity index (χ3n) is 4.15. The summed E-state index contributed by atoms with van der Waals surface area (Å²) >= 11 is 0. The molecule has 0 atom stereocenters. The van der Waals surface area contributed by atoms with E-state index in [-0.39, 0.29) is 22.5 Å². The van der Waals surface area contributed by atoms with E-state index in [2.05, 4.69) is 38.3 Å². The van der Waals surface area contributed by atoms with E-state index < -0.39 is 0 Å². The lowest BCUT2D eigenvalue weighted by Crippen LogP contribution is -2.47. The molecule has 1 heterocycles. The SMILES string of the molecule is COc1cc2c(cc1F)NCC(C)(C)C(C)(C)N2. The molecule has 0 aliphatic carbocycles. The summed E-state index contributed by atoms with van der Waals surface area (Å²) in [6.07, 6.45) is 0. The van der Waals surface area contributed by atoms with Gasteiger partial charge in [0.05, 0.1) is 18.5 Å². The number of fused-ring (bicyclic) bond motifs is 1. The highest BCUT2D eigenvalue weighted by Gasteiger charge is 2.39. The van der Waals surface area contributed by atoms with Crippen LogP contribution >= 0.6 is 0 Å². The Morgan fingerprint density at radius 3 is 2.44 bits per heavy atom. The summed E-state index contributed by atoms with van der Waals surface area (Å²) < 4.78 is 18.7. The first-order valence-electron chi connectivity index (χ1n) is 6.16. The quantitative estimate of drug-likeness (QED) is 0.803. The molecule has 1 aliphatic heterocycles. The Kier molecular flexibility index (Phi) is 2.92. The summed E-state index contributed by atoms with van der Waals surface area (Å²) in [7, 11) is 1.48. The summed E-state index contributed by atoms with van der Waals surface area (Å²) in [4.78, 5) is 0. The average molecular weight is 252 g/mol. The molecule has 3 nitrogen and oxygen atoms in total. The Morgan fingerprint density at radius 2 is 1.83 bits per heavy atom. The molecule has 2 N–H and O–H groups in total. The Balaban J connectivity index is 2.48. The first-order chi connectivity index (χ1) is 8.27. The van der Waals surface area contributed by atoms with E-state index in [1.165, 1.54) is 13.2 Å². The van der Waals surface area contributed by atoms with Crippen molar-refractivity contribution in [1.82, 2.24) is 0 Å². The fourth-order valence-corrected chi connectivity index (χ4v) is 2.00. The van der Waals surface area contributed by atoms with Crippen LogP contribution < -0.4 is 15.4 Å². The molecule has 0 fully saturated rings. The largest absolute Gasteiger partial charge is 0.494 e. The zero-order chi connectivity index (χ0) is 13.6. The van der Waals surface area contributed by atoms with Crippen molar-refractivity contribution >= 4 is 11.4 Å². The summed E-state index contributed by atoms with van der Waals surface area (Å²) in [6.45, 7) is 9.46. The molecule has 2 rings (SSSR count). The minimum atomic E-state index is -0.344. The summed E-state index contributed by atoms with van der Waals surface area (Å²) in [5.74, 6) is -0.0818. The molecule has 0 spiro atoms. The van der Waals surface area contributed by atoms with Crippen LogP contribution in [0.3, 0.4) is 0 Å². The molecule has 18 heavy (non-hydrogen) atoms. The number of anilines is 2. The van der Waals surface area contributed by atoms with E-state index in [0.29, 0.717) is 0 Å². The van der Waals surface area contributed by atoms with Gasteiger partial charge in [-0.3, -0.25) is 0 Å². The molecule has 0 radical (unpaired) electrons. The predicted octanol–water partition coefficient (Wildman–Crippen LogP) is 3.48. The van der Waals surface area contributed by atoms with Gasteiger partial charge in [0.25, 0.3) is 0 Å². The standard InChI is InChI=1S/C14H21FN2O/c1-13(2)8-16-10-6-9(15)12(18-5)7-11(10)17-14(13,3)4/h6-7,16-17H,8H2,1-5H3. The van der Waals surface area contributed by atoms with E-state index in [0.717, 1.165) is 17.9 Å². The van der Waals surface area contributed by atoms with Gasteiger partial charge in [-0.25, -0.2) is 4.39 Å². The van der Waals surface area contributed by atoms with Crippen LogP contribution in [0.15, 0.2) is 12.1 Å². The summed E-state index contributed by atoms with van der Waals surface area (Å²) in [5, 5.41) is 6.79. The molecule has 1 aromatic carbocycles. The minimum absolute atomic E-state index is 0.0374. The second kappa shape index (κ2) is 4.04. The molecule has 4 heteroatoms. The maximum Gasteiger partial charge on any atom is 0.167 e. The van der Waals surface area contributed by atoms with Crippen LogP contribution in [0, 0.1) is 11.2 Å².